The number of carbonyl (C=O) groups is 1. The molecule has 0 unspecified atom stereocenters. The predicted molar refractivity (Wildman–Crippen MR) is 81.6 cm³/mol. The van der Waals surface area contributed by atoms with E-state index < -0.39 is 0 Å². The Labute approximate surface area is 125 Å². The summed E-state index contributed by atoms with van der Waals surface area (Å²) in [5.41, 5.74) is 1.81. The zero-order chi connectivity index (χ0) is 13.7. The van der Waals surface area contributed by atoms with Gasteiger partial charge in [-0.25, -0.2) is 0 Å². The third-order valence-electron chi connectivity index (χ3n) is 2.69. The molecule has 98 valence electrons. The van der Waals surface area contributed by atoms with Crippen LogP contribution in [0.3, 0.4) is 0 Å². The molecule has 2 nitrogen and oxygen atoms in total. The van der Waals surface area contributed by atoms with E-state index in [-0.39, 0.29) is 5.91 Å². The molecule has 2 rings (SSSR count). The quantitative estimate of drug-likeness (QED) is 0.894. The number of rotatable bonds is 4. The largest absolute Gasteiger partial charge is 0.352 e. The summed E-state index contributed by atoms with van der Waals surface area (Å²) >= 11 is 9.21. The molecule has 1 N–H and O–H groups in total. The van der Waals surface area contributed by atoms with Crippen LogP contribution in [0.1, 0.15) is 15.9 Å². The molecule has 0 aliphatic rings. The molecule has 0 fully saturated rings. The van der Waals surface area contributed by atoms with Crippen molar-refractivity contribution >= 4 is 33.4 Å². The minimum Gasteiger partial charge on any atom is -0.352 e. The maximum absolute atomic E-state index is 11.8. The Bertz CT molecular complexity index is 569. The van der Waals surface area contributed by atoms with Crippen molar-refractivity contribution in [2.45, 2.75) is 6.42 Å². The molecule has 0 aliphatic heterocycles. The second-order valence-electron chi connectivity index (χ2n) is 4.14. The van der Waals surface area contributed by atoms with Gasteiger partial charge in [0.05, 0.1) is 0 Å². The van der Waals surface area contributed by atoms with E-state index in [2.05, 4.69) is 27.3 Å². The average Bonchev–Trinajstić information content (AvgIpc) is 2.39. The summed E-state index contributed by atoms with van der Waals surface area (Å²) in [4.78, 5) is 11.8. The van der Waals surface area contributed by atoms with Crippen LogP contribution in [0.25, 0.3) is 0 Å². The zero-order valence-corrected chi connectivity index (χ0v) is 12.5. The Kier molecular flexibility index (Phi) is 5.00. The van der Waals surface area contributed by atoms with E-state index in [1.165, 1.54) is 5.56 Å². The van der Waals surface area contributed by atoms with Gasteiger partial charge in [0.15, 0.2) is 0 Å². The summed E-state index contributed by atoms with van der Waals surface area (Å²) < 4.78 is 1.05. The van der Waals surface area contributed by atoms with Crippen LogP contribution in [0.4, 0.5) is 0 Å². The maximum Gasteiger partial charge on any atom is 0.251 e. The molecule has 0 atom stereocenters. The van der Waals surface area contributed by atoms with Gasteiger partial charge in [-0.05, 0) is 48.4 Å². The maximum atomic E-state index is 11.8. The first kappa shape index (κ1) is 14.1. The van der Waals surface area contributed by atoms with E-state index in [1.807, 2.05) is 18.2 Å². The van der Waals surface area contributed by atoms with Crippen LogP contribution in [0.15, 0.2) is 53.0 Å². The lowest BCUT2D eigenvalue weighted by atomic mass is 10.1. The van der Waals surface area contributed by atoms with Crippen LogP contribution >= 0.6 is 27.5 Å². The number of hydrogen-bond donors (Lipinski definition) is 1. The SMILES string of the molecule is O=C(NCCc1cccc(Br)c1)c1ccc(Cl)cc1. The lowest BCUT2D eigenvalue weighted by Gasteiger charge is -2.06. The highest BCUT2D eigenvalue weighted by Crippen LogP contribution is 2.12. The third-order valence-corrected chi connectivity index (χ3v) is 3.44. The lowest BCUT2D eigenvalue weighted by Crippen LogP contribution is -2.25. The second kappa shape index (κ2) is 6.73. The van der Waals surface area contributed by atoms with Gasteiger partial charge in [-0.15, -0.1) is 0 Å². The van der Waals surface area contributed by atoms with Gasteiger partial charge in [0.2, 0.25) is 0 Å². The van der Waals surface area contributed by atoms with Crippen LogP contribution in [0.5, 0.6) is 0 Å². The van der Waals surface area contributed by atoms with Gasteiger partial charge in [-0.3, -0.25) is 4.79 Å². The van der Waals surface area contributed by atoms with Crippen LogP contribution < -0.4 is 5.32 Å². The Morgan fingerprint density at radius 1 is 1.16 bits per heavy atom. The molecule has 1 amide bonds. The van der Waals surface area contributed by atoms with Crippen molar-refractivity contribution in [3.63, 3.8) is 0 Å². The number of hydrogen-bond acceptors (Lipinski definition) is 1. The molecular formula is C15H13BrClNO. The van der Waals surface area contributed by atoms with Crippen molar-refractivity contribution in [1.29, 1.82) is 0 Å². The van der Waals surface area contributed by atoms with E-state index in [9.17, 15) is 4.79 Å². The van der Waals surface area contributed by atoms with Crippen molar-refractivity contribution in [2.24, 2.45) is 0 Å². The highest BCUT2D eigenvalue weighted by Gasteiger charge is 2.04. The Morgan fingerprint density at radius 2 is 1.89 bits per heavy atom. The molecule has 0 radical (unpaired) electrons. The fourth-order valence-corrected chi connectivity index (χ4v) is 2.29. The fraction of sp³-hybridized carbons (Fsp3) is 0.133. The Balaban J connectivity index is 1.86. The van der Waals surface area contributed by atoms with Gasteiger partial charge >= 0.3 is 0 Å². The number of benzene rings is 2. The molecule has 0 heterocycles. The Morgan fingerprint density at radius 3 is 2.58 bits per heavy atom. The summed E-state index contributed by atoms with van der Waals surface area (Å²) in [5, 5.41) is 3.52. The second-order valence-corrected chi connectivity index (χ2v) is 5.49. The molecule has 4 heteroatoms. The fourth-order valence-electron chi connectivity index (χ4n) is 1.72. The molecule has 0 aromatic heterocycles. The number of carbonyl (C=O) groups excluding carboxylic acids is 1. The number of halogens is 2. The highest BCUT2D eigenvalue weighted by atomic mass is 79.9. The normalized spacial score (nSPS) is 10.2. The minimum atomic E-state index is -0.0772. The summed E-state index contributed by atoms with van der Waals surface area (Å²) in [5.74, 6) is -0.0772. The van der Waals surface area contributed by atoms with Gasteiger partial charge in [0.25, 0.3) is 5.91 Å². The van der Waals surface area contributed by atoms with Gasteiger partial charge < -0.3 is 5.32 Å². The summed E-state index contributed by atoms with van der Waals surface area (Å²) in [6.07, 6.45) is 0.804. The van der Waals surface area contributed by atoms with E-state index in [1.54, 1.807) is 24.3 Å². The standard InChI is InChI=1S/C15H13BrClNO/c16-13-3-1-2-11(10-13)8-9-18-15(19)12-4-6-14(17)7-5-12/h1-7,10H,8-9H2,(H,18,19). The number of nitrogens with one attached hydrogen (secondary N) is 1. The molecule has 0 saturated heterocycles. The highest BCUT2D eigenvalue weighted by molar-refractivity contribution is 9.10. The molecule has 0 spiro atoms. The predicted octanol–water partition coefficient (Wildman–Crippen LogP) is 4.08. The van der Waals surface area contributed by atoms with Crippen molar-refractivity contribution in [1.82, 2.24) is 5.32 Å². The van der Waals surface area contributed by atoms with Crippen LogP contribution in [-0.2, 0) is 6.42 Å². The lowest BCUT2D eigenvalue weighted by molar-refractivity contribution is 0.0954. The van der Waals surface area contributed by atoms with E-state index >= 15 is 0 Å². The number of amides is 1. The monoisotopic (exact) mass is 337 g/mol. The van der Waals surface area contributed by atoms with Gasteiger partial charge in [0.1, 0.15) is 0 Å². The molecule has 0 bridgehead atoms. The smallest absolute Gasteiger partial charge is 0.251 e. The van der Waals surface area contributed by atoms with Crippen LogP contribution in [0, 0.1) is 0 Å². The summed E-state index contributed by atoms with van der Waals surface area (Å²) in [6, 6.07) is 14.9. The van der Waals surface area contributed by atoms with Crippen molar-refractivity contribution < 1.29 is 4.79 Å². The average molecular weight is 339 g/mol. The van der Waals surface area contributed by atoms with Crippen LogP contribution in [0.2, 0.25) is 5.02 Å². The molecule has 19 heavy (non-hydrogen) atoms. The van der Waals surface area contributed by atoms with Crippen LogP contribution in [-0.4, -0.2) is 12.5 Å². The van der Waals surface area contributed by atoms with Crippen molar-refractivity contribution in [3.8, 4) is 0 Å². The van der Waals surface area contributed by atoms with E-state index in [0.717, 1.165) is 10.9 Å². The molecule has 0 saturated carbocycles. The zero-order valence-electron chi connectivity index (χ0n) is 10.2. The molecular weight excluding hydrogens is 326 g/mol. The van der Waals surface area contributed by atoms with Gasteiger partial charge in [-0.2, -0.15) is 0 Å². The minimum absolute atomic E-state index is 0.0772. The van der Waals surface area contributed by atoms with Gasteiger partial charge in [0, 0.05) is 21.6 Å². The topological polar surface area (TPSA) is 29.1 Å². The van der Waals surface area contributed by atoms with Crippen molar-refractivity contribution in [3.05, 3.63) is 69.2 Å². The van der Waals surface area contributed by atoms with Gasteiger partial charge in [-0.1, -0.05) is 39.7 Å². The van der Waals surface area contributed by atoms with E-state index in [4.69, 9.17) is 11.6 Å². The third kappa shape index (κ3) is 4.37. The Hall–Kier alpha value is -1.32. The molecule has 0 aliphatic carbocycles. The molecule has 2 aromatic carbocycles. The first-order chi connectivity index (χ1) is 9.15. The first-order valence-corrected chi connectivity index (χ1v) is 7.10. The van der Waals surface area contributed by atoms with E-state index in [0.29, 0.717) is 17.1 Å². The first-order valence-electron chi connectivity index (χ1n) is 5.93. The molecule has 2 aromatic rings. The van der Waals surface area contributed by atoms with Crippen molar-refractivity contribution in [2.75, 3.05) is 6.54 Å². The summed E-state index contributed by atoms with van der Waals surface area (Å²) in [7, 11) is 0. The summed E-state index contributed by atoms with van der Waals surface area (Å²) in [6.45, 7) is 0.609.